The van der Waals surface area contributed by atoms with Crippen LogP contribution in [0.1, 0.15) is 46.0 Å². The summed E-state index contributed by atoms with van der Waals surface area (Å²) >= 11 is 0. The van der Waals surface area contributed by atoms with Gasteiger partial charge < -0.3 is 9.90 Å². The van der Waals surface area contributed by atoms with E-state index in [0.717, 1.165) is 25.8 Å². The molecular weight excluding hydrogens is 197 g/mol. The number of rotatable bonds is 2. The Kier molecular flexibility index (Phi) is 4.51. The molecule has 3 nitrogen and oxygen atoms in total. The van der Waals surface area contributed by atoms with E-state index in [1.165, 1.54) is 12.8 Å². The summed E-state index contributed by atoms with van der Waals surface area (Å²) in [6.07, 6.45) is 5.51. The van der Waals surface area contributed by atoms with Gasteiger partial charge in [0, 0.05) is 12.6 Å². The van der Waals surface area contributed by atoms with Crippen molar-refractivity contribution in [1.82, 2.24) is 4.90 Å². The van der Waals surface area contributed by atoms with Gasteiger partial charge in [-0.2, -0.15) is 0 Å². The van der Waals surface area contributed by atoms with Gasteiger partial charge in [0.15, 0.2) is 0 Å². The minimum absolute atomic E-state index is 0. The minimum Gasteiger partial charge on any atom is -0.548 e. The molecule has 1 aliphatic carbocycles. The first-order chi connectivity index (χ1) is 6.99. The van der Waals surface area contributed by atoms with Crippen molar-refractivity contribution < 1.29 is 28.8 Å². The first-order valence-corrected chi connectivity index (χ1v) is 5.96. The van der Waals surface area contributed by atoms with Crippen molar-refractivity contribution in [3.63, 3.8) is 0 Å². The predicted octanol–water partition coefficient (Wildman–Crippen LogP) is -2.22. The topological polar surface area (TPSA) is 43.4 Å². The smallest absolute Gasteiger partial charge is 0.548 e. The maximum atomic E-state index is 10.8. The van der Waals surface area contributed by atoms with Crippen molar-refractivity contribution in [3.05, 3.63) is 0 Å². The second-order valence-corrected chi connectivity index (χ2v) is 5.76. The normalized spacial score (nSPS) is 30.2. The van der Waals surface area contributed by atoms with Gasteiger partial charge in [-0.05, 0) is 37.5 Å². The van der Waals surface area contributed by atoms with Crippen LogP contribution in [0.25, 0.3) is 0 Å². The Morgan fingerprint density at radius 3 is 2.19 bits per heavy atom. The van der Waals surface area contributed by atoms with Crippen molar-refractivity contribution in [1.29, 1.82) is 0 Å². The molecule has 16 heavy (non-hydrogen) atoms. The Labute approximate surface area is 110 Å². The van der Waals surface area contributed by atoms with Crippen molar-refractivity contribution in [2.75, 3.05) is 6.54 Å². The molecule has 2 aliphatic rings. The number of nitrogens with zero attached hydrogens (tertiary/aromatic N) is 1. The van der Waals surface area contributed by atoms with Crippen LogP contribution in [0, 0.1) is 5.41 Å². The molecule has 0 radical (unpaired) electrons. The second-order valence-electron chi connectivity index (χ2n) is 5.76. The zero-order valence-corrected chi connectivity index (χ0v) is 10.7. The summed E-state index contributed by atoms with van der Waals surface area (Å²) in [6, 6.07) is 0.200. The molecule has 0 spiro atoms. The number of carbonyl (C=O) groups is 1. The van der Waals surface area contributed by atoms with Crippen LogP contribution in [0.3, 0.4) is 0 Å². The van der Waals surface area contributed by atoms with Gasteiger partial charge in [-0.1, -0.05) is 13.8 Å². The van der Waals surface area contributed by atoms with Crippen LogP contribution in [0.2, 0.25) is 0 Å². The summed E-state index contributed by atoms with van der Waals surface area (Å²) in [5.74, 6) is -0.883. The number of hydrogen-bond donors (Lipinski definition) is 0. The van der Waals surface area contributed by atoms with Crippen molar-refractivity contribution in [2.45, 2.75) is 58.0 Å². The summed E-state index contributed by atoms with van der Waals surface area (Å²) in [5.41, 5.74) is 0.457. The molecule has 0 aromatic rings. The monoisotopic (exact) mass is 217 g/mol. The maximum Gasteiger partial charge on any atom is 1.00 e. The first-order valence-electron chi connectivity index (χ1n) is 5.96. The molecule has 0 aromatic carbocycles. The van der Waals surface area contributed by atoms with E-state index in [0.29, 0.717) is 11.5 Å². The largest absolute Gasteiger partial charge is 1.00 e. The number of aliphatic carboxylic acids is 1. The third-order valence-electron chi connectivity index (χ3n) is 4.11. The second kappa shape index (κ2) is 5.12. The minimum atomic E-state index is -0.883. The molecule has 0 amide bonds. The Hall–Kier alpha value is 0.0274. The molecule has 1 saturated heterocycles. The van der Waals surface area contributed by atoms with Crippen molar-refractivity contribution in [2.24, 2.45) is 5.41 Å². The van der Waals surface area contributed by atoms with Crippen LogP contribution < -0.4 is 24.0 Å². The van der Waals surface area contributed by atoms with E-state index >= 15 is 0 Å². The number of carboxylic acids is 1. The van der Waals surface area contributed by atoms with E-state index in [1.807, 2.05) is 0 Å². The van der Waals surface area contributed by atoms with Crippen LogP contribution in [0.5, 0.6) is 0 Å². The molecule has 1 atom stereocenters. The Morgan fingerprint density at radius 2 is 1.81 bits per heavy atom. The third-order valence-corrected chi connectivity index (χ3v) is 4.11. The summed E-state index contributed by atoms with van der Waals surface area (Å²) in [6.45, 7) is 5.55. The standard InChI is InChI=1S/C12H21NO2.Li/c1-12(2)6-3-9(4-7-12)13-8-5-10(13)11(14)15;/h9-10H,3-8H2,1-2H3,(H,14,15);/q;+1/p-1. The van der Waals surface area contributed by atoms with Crippen molar-refractivity contribution in [3.8, 4) is 0 Å². The molecule has 0 aromatic heterocycles. The quantitative estimate of drug-likeness (QED) is 0.492. The molecule has 1 heterocycles. The molecule has 4 heteroatoms. The van der Waals surface area contributed by atoms with Crippen LogP contribution >= 0.6 is 0 Å². The van der Waals surface area contributed by atoms with Gasteiger partial charge in [0.1, 0.15) is 0 Å². The summed E-state index contributed by atoms with van der Waals surface area (Å²) in [5, 5.41) is 10.8. The van der Waals surface area contributed by atoms with Gasteiger partial charge in [-0.15, -0.1) is 0 Å². The molecule has 86 valence electrons. The third kappa shape index (κ3) is 2.83. The number of hydrogen-bond acceptors (Lipinski definition) is 3. The Balaban J connectivity index is 0.00000128. The summed E-state index contributed by atoms with van der Waals surface area (Å²) in [7, 11) is 0. The van der Waals surface area contributed by atoms with Crippen LogP contribution in [0.4, 0.5) is 0 Å². The fraction of sp³-hybridized carbons (Fsp3) is 0.917. The van der Waals surface area contributed by atoms with Crippen LogP contribution in [0.15, 0.2) is 0 Å². The first kappa shape index (κ1) is 14.1. The Morgan fingerprint density at radius 1 is 1.25 bits per heavy atom. The molecule has 2 fully saturated rings. The van der Waals surface area contributed by atoms with Crippen LogP contribution in [-0.4, -0.2) is 29.5 Å². The Bertz CT molecular complexity index is 258. The van der Waals surface area contributed by atoms with E-state index in [4.69, 9.17) is 0 Å². The number of likely N-dealkylation sites (tertiary alicyclic amines) is 1. The molecule has 2 rings (SSSR count). The van der Waals surface area contributed by atoms with E-state index < -0.39 is 5.97 Å². The maximum absolute atomic E-state index is 10.8. The van der Waals surface area contributed by atoms with Gasteiger partial charge in [-0.25, -0.2) is 0 Å². The molecule has 0 N–H and O–H groups in total. The average Bonchev–Trinajstić information content (AvgIpc) is 2.05. The summed E-state index contributed by atoms with van der Waals surface area (Å²) in [4.78, 5) is 12.9. The van der Waals surface area contributed by atoms with Gasteiger partial charge in [0.05, 0.1) is 12.0 Å². The van der Waals surface area contributed by atoms with E-state index in [9.17, 15) is 9.90 Å². The molecule has 1 unspecified atom stereocenters. The molecule has 1 aliphatic heterocycles. The van der Waals surface area contributed by atoms with Crippen molar-refractivity contribution >= 4 is 5.97 Å². The molecular formula is C12H20LiNO2. The fourth-order valence-electron chi connectivity index (χ4n) is 2.81. The number of carbonyl (C=O) groups excluding carboxylic acids is 1. The van der Waals surface area contributed by atoms with E-state index in [1.54, 1.807) is 0 Å². The van der Waals surface area contributed by atoms with Gasteiger partial charge in [-0.3, -0.25) is 4.90 Å². The predicted molar refractivity (Wildman–Crippen MR) is 56.2 cm³/mol. The van der Waals surface area contributed by atoms with Crippen LogP contribution in [-0.2, 0) is 4.79 Å². The zero-order valence-electron chi connectivity index (χ0n) is 10.7. The average molecular weight is 217 g/mol. The van der Waals surface area contributed by atoms with Gasteiger partial charge >= 0.3 is 18.9 Å². The van der Waals surface area contributed by atoms with Gasteiger partial charge in [0.25, 0.3) is 0 Å². The fourth-order valence-corrected chi connectivity index (χ4v) is 2.81. The number of carboxylic acid groups (broad SMARTS) is 1. The summed E-state index contributed by atoms with van der Waals surface area (Å²) < 4.78 is 0. The van der Waals surface area contributed by atoms with E-state index in [-0.39, 0.29) is 24.9 Å². The molecule has 0 bridgehead atoms. The zero-order chi connectivity index (χ0) is 11.1. The SMILES string of the molecule is CC1(C)CCC(N2CCC2C(=O)[O-])CC1.[Li+]. The van der Waals surface area contributed by atoms with Gasteiger partial charge in [0.2, 0.25) is 0 Å². The molecule has 1 saturated carbocycles. The van der Waals surface area contributed by atoms with E-state index in [2.05, 4.69) is 18.7 Å².